The van der Waals surface area contributed by atoms with Crippen molar-refractivity contribution in [3.63, 3.8) is 0 Å². The monoisotopic (exact) mass is 384 g/mol. The van der Waals surface area contributed by atoms with Gasteiger partial charge in [-0.05, 0) is 33.6 Å². The number of phenolic OH excluding ortho intramolecular Hbond substituents is 1. The Bertz CT molecular complexity index is 717. The highest BCUT2D eigenvalue weighted by molar-refractivity contribution is 9.10. The third-order valence-corrected chi connectivity index (χ3v) is 3.91. The number of halogens is 1. The summed E-state index contributed by atoms with van der Waals surface area (Å²) in [4.78, 5) is 15.7. The Morgan fingerprint density at radius 2 is 2.41 bits per heavy atom. The van der Waals surface area contributed by atoms with Gasteiger partial charge in [-0.1, -0.05) is 0 Å². The molecular formula is C13H13BrN4O3S. The van der Waals surface area contributed by atoms with Gasteiger partial charge in [0.2, 0.25) is 5.91 Å². The molecule has 9 heteroatoms. The van der Waals surface area contributed by atoms with E-state index in [9.17, 15) is 9.90 Å². The average Bonchev–Trinajstić information content (AvgIpc) is 2.87. The molecule has 0 bridgehead atoms. The largest absolute Gasteiger partial charge is 0.503 e. The summed E-state index contributed by atoms with van der Waals surface area (Å²) in [5.74, 6) is 0.0104. The molecule has 0 saturated carbocycles. The predicted octanol–water partition coefficient (Wildman–Crippen LogP) is 1.89. The van der Waals surface area contributed by atoms with Crippen LogP contribution in [-0.2, 0) is 11.2 Å². The second kappa shape index (κ2) is 7.23. The lowest BCUT2D eigenvalue weighted by atomic mass is 10.2. The van der Waals surface area contributed by atoms with Crippen LogP contribution in [0.25, 0.3) is 0 Å². The minimum atomic E-state index is -0.300. The number of phenols is 1. The molecule has 0 aliphatic rings. The molecule has 1 aromatic carbocycles. The van der Waals surface area contributed by atoms with Gasteiger partial charge in [-0.15, -0.1) is 11.3 Å². The molecule has 0 saturated heterocycles. The second-order valence-corrected chi connectivity index (χ2v) is 5.94. The molecule has 0 atom stereocenters. The standard InChI is InChI=1S/C13H13BrN4O3S/c1-21-10-3-7(2-9(14)12(10)20)5-16-18-11(19)4-8-6-22-13(15)17-8/h2-3,5-6,20H,4H2,1H3,(H2,15,17)(H,18,19)/b16-5+. The molecule has 1 heterocycles. The Balaban J connectivity index is 1.97. The summed E-state index contributed by atoms with van der Waals surface area (Å²) in [5, 5.41) is 15.7. The van der Waals surface area contributed by atoms with Gasteiger partial charge >= 0.3 is 0 Å². The topological polar surface area (TPSA) is 110 Å². The number of hydrogen-bond donors (Lipinski definition) is 3. The number of nitrogen functional groups attached to an aromatic ring is 1. The second-order valence-electron chi connectivity index (χ2n) is 4.20. The van der Waals surface area contributed by atoms with Crippen LogP contribution in [0.3, 0.4) is 0 Å². The minimum absolute atomic E-state index is 0.00445. The van der Waals surface area contributed by atoms with Crippen LogP contribution in [0.15, 0.2) is 27.1 Å². The highest BCUT2D eigenvalue weighted by Crippen LogP contribution is 2.34. The highest BCUT2D eigenvalue weighted by atomic mass is 79.9. The van der Waals surface area contributed by atoms with Crippen LogP contribution in [0.5, 0.6) is 11.5 Å². The number of amides is 1. The van der Waals surface area contributed by atoms with E-state index in [0.29, 0.717) is 26.6 Å². The van der Waals surface area contributed by atoms with Crippen molar-refractivity contribution < 1.29 is 14.6 Å². The molecule has 0 aliphatic carbocycles. The summed E-state index contributed by atoms with van der Waals surface area (Å²) < 4.78 is 5.50. The molecule has 2 aromatic rings. The fourth-order valence-corrected chi connectivity index (χ4v) is 2.63. The van der Waals surface area contributed by atoms with Crippen molar-refractivity contribution in [3.8, 4) is 11.5 Å². The first-order chi connectivity index (χ1) is 10.5. The molecule has 0 spiro atoms. The van der Waals surface area contributed by atoms with Gasteiger partial charge in [0.05, 0.1) is 29.9 Å². The lowest BCUT2D eigenvalue weighted by Gasteiger charge is -2.06. The van der Waals surface area contributed by atoms with Gasteiger partial charge in [0.1, 0.15) is 0 Å². The molecule has 7 nitrogen and oxygen atoms in total. The zero-order chi connectivity index (χ0) is 16.1. The number of rotatable bonds is 5. The molecular weight excluding hydrogens is 372 g/mol. The predicted molar refractivity (Wildman–Crippen MR) is 88.3 cm³/mol. The molecule has 4 N–H and O–H groups in total. The fraction of sp³-hybridized carbons (Fsp3) is 0.154. The first-order valence-electron chi connectivity index (χ1n) is 6.08. The van der Waals surface area contributed by atoms with Crippen LogP contribution >= 0.6 is 27.3 Å². The van der Waals surface area contributed by atoms with Gasteiger partial charge in [-0.2, -0.15) is 5.10 Å². The van der Waals surface area contributed by atoms with E-state index in [1.807, 2.05) is 0 Å². The van der Waals surface area contributed by atoms with E-state index in [4.69, 9.17) is 10.5 Å². The number of nitrogens with zero attached hydrogens (tertiary/aromatic N) is 2. The first kappa shape index (κ1) is 16.2. The van der Waals surface area contributed by atoms with Crippen LogP contribution in [0, 0.1) is 0 Å². The molecule has 0 radical (unpaired) electrons. The van der Waals surface area contributed by atoms with Crippen LogP contribution in [0.2, 0.25) is 0 Å². The molecule has 116 valence electrons. The van der Waals surface area contributed by atoms with Gasteiger partial charge in [-0.3, -0.25) is 4.79 Å². The van der Waals surface area contributed by atoms with E-state index in [-0.39, 0.29) is 18.1 Å². The zero-order valence-electron chi connectivity index (χ0n) is 11.5. The van der Waals surface area contributed by atoms with Gasteiger partial charge < -0.3 is 15.6 Å². The Labute approximate surface area is 139 Å². The lowest BCUT2D eigenvalue weighted by Crippen LogP contribution is -2.19. The number of aromatic nitrogens is 1. The summed E-state index contributed by atoms with van der Waals surface area (Å²) >= 11 is 4.49. The number of nitrogens with one attached hydrogen (secondary N) is 1. The van der Waals surface area contributed by atoms with Gasteiger partial charge in [0, 0.05) is 5.38 Å². The Hall–Kier alpha value is -2.13. The van der Waals surface area contributed by atoms with E-state index in [1.165, 1.54) is 24.7 Å². The Morgan fingerprint density at radius 3 is 3.05 bits per heavy atom. The first-order valence-corrected chi connectivity index (χ1v) is 7.75. The van der Waals surface area contributed by atoms with Gasteiger partial charge in [0.25, 0.3) is 0 Å². The van der Waals surface area contributed by atoms with E-state index in [0.717, 1.165) is 0 Å². The molecule has 1 amide bonds. The van der Waals surface area contributed by atoms with E-state index in [2.05, 4.69) is 31.4 Å². The minimum Gasteiger partial charge on any atom is -0.503 e. The van der Waals surface area contributed by atoms with Crippen molar-refractivity contribution >= 4 is 44.5 Å². The number of aromatic hydroxyl groups is 1. The van der Waals surface area contributed by atoms with Gasteiger partial charge in [0.15, 0.2) is 16.6 Å². The molecule has 0 fully saturated rings. The van der Waals surface area contributed by atoms with Crippen molar-refractivity contribution in [1.29, 1.82) is 0 Å². The highest BCUT2D eigenvalue weighted by Gasteiger charge is 2.08. The number of carbonyl (C=O) groups is 1. The third-order valence-electron chi connectivity index (χ3n) is 2.58. The Morgan fingerprint density at radius 1 is 1.64 bits per heavy atom. The number of thiazole rings is 1. The zero-order valence-corrected chi connectivity index (χ0v) is 13.9. The average molecular weight is 385 g/mol. The van der Waals surface area contributed by atoms with Crippen molar-refractivity contribution in [3.05, 3.63) is 33.2 Å². The van der Waals surface area contributed by atoms with E-state index < -0.39 is 0 Å². The fourth-order valence-electron chi connectivity index (χ4n) is 1.61. The maximum absolute atomic E-state index is 11.7. The lowest BCUT2D eigenvalue weighted by molar-refractivity contribution is -0.120. The van der Waals surface area contributed by atoms with Gasteiger partial charge in [-0.25, -0.2) is 10.4 Å². The number of benzene rings is 1. The summed E-state index contributed by atoms with van der Waals surface area (Å²) in [7, 11) is 1.45. The summed E-state index contributed by atoms with van der Waals surface area (Å²) in [6, 6.07) is 3.24. The molecule has 1 aromatic heterocycles. The van der Waals surface area contributed by atoms with Crippen LogP contribution < -0.4 is 15.9 Å². The van der Waals surface area contributed by atoms with E-state index >= 15 is 0 Å². The summed E-state index contributed by atoms with van der Waals surface area (Å²) in [6.45, 7) is 0. The van der Waals surface area contributed by atoms with Crippen molar-refractivity contribution in [1.82, 2.24) is 10.4 Å². The number of carbonyl (C=O) groups excluding carboxylic acids is 1. The normalized spacial score (nSPS) is 10.8. The molecule has 2 rings (SSSR count). The SMILES string of the molecule is COc1cc(/C=N/NC(=O)Cc2csc(N)n2)cc(Br)c1O. The van der Waals surface area contributed by atoms with Crippen LogP contribution in [0.4, 0.5) is 5.13 Å². The molecule has 0 unspecified atom stereocenters. The molecule has 22 heavy (non-hydrogen) atoms. The van der Waals surface area contributed by atoms with Crippen LogP contribution in [0.1, 0.15) is 11.3 Å². The van der Waals surface area contributed by atoms with Crippen LogP contribution in [-0.4, -0.2) is 29.3 Å². The maximum atomic E-state index is 11.7. The number of anilines is 1. The maximum Gasteiger partial charge on any atom is 0.246 e. The number of hydrazone groups is 1. The third kappa shape index (κ3) is 4.18. The van der Waals surface area contributed by atoms with Crippen molar-refractivity contribution in [2.45, 2.75) is 6.42 Å². The molecule has 0 aliphatic heterocycles. The van der Waals surface area contributed by atoms with Crippen molar-refractivity contribution in [2.75, 3.05) is 12.8 Å². The number of methoxy groups -OCH3 is 1. The smallest absolute Gasteiger partial charge is 0.246 e. The summed E-state index contributed by atoms with van der Waals surface area (Å²) in [5.41, 5.74) is 9.14. The Kier molecular flexibility index (Phi) is 5.34. The van der Waals surface area contributed by atoms with E-state index in [1.54, 1.807) is 17.5 Å². The number of ether oxygens (including phenoxy) is 1. The summed E-state index contributed by atoms with van der Waals surface area (Å²) in [6.07, 6.45) is 1.55. The van der Waals surface area contributed by atoms with Crippen molar-refractivity contribution in [2.24, 2.45) is 5.10 Å². The number of nitrogens with two attached hydrogens (primary N) is 1. The number of hydrogen-bond acceptors (Lipinski definition) is 7. The quantitative estimate of drug-likeness (QED) is 0.538.